The molecule has 0 radical (unpaired) electrons. The largest absolute Gasteiger partial charge is 0.481 e. The van der Waals surface area contributed by atoms with E-state index in [9.17, 15) is 18.0 Å². The van der Waals surface area contributed by atoms with Crippen LogP contribution in [0.4, 0.5) is 5.69 Å². The molecule has 0 saturated carbocycles. The van der Waals surface area contributed by atoms with Gasteiger partial charge in [-0.15, -0.1) is 0 Å². The van der Waals surface area contributed by atoms with Gasteiger partial charge in [0.1, 0.15) is 0 Å². The van der Waals surface area contributed by atoms with Gasteiger partial charge in [0.25, 0.3) is 0 Å². The van der Waals surface area contributed by atoms with E-state index in [0.29, 0.717) is 5.69 Å². The number of anilines is 1. The summed E-state index contributed by atoms with van der Waals surface area (Å²) in [5.41, 5.74) is 0.346. The molecule has 21 heavy (non-hydrogen) atoms. The van der Waals surface area contributed by atoms with Crippen molar-refractivity contribution >= 4 is 27.6 Å². The van der Waals surface area contributed by atoms with Gasteiger partial charge in [-0.2, -0.15) is 0 Å². The van der Waals surface area contributed by atoms with Gasteiger partial charge in [0.15, 0.2) is 0 Å². The van der Waals surface area contributed by atoms with E-state index in [0.717, 1.165) is 0 Å². The van der Waals surface area contributed by atoms with Crippen molar-refractivity contribution in [3.05, 3.63) is 24.3 Å². The number of nitrogens with one attached hydrogen (secondary N) is 2. The summed E-state index contributed by atoms with van der Waals surface area (Å²) in [7, 11) is -2.27. The summed E-state index contributed by atoms with van der Waals surface area (Å²) in [6.45, 7) is 1.66. The molecule has 116 valence electrons. The Morgan fingerprint density at radius 3 is 2.52 bits per heavy atom. The summed E-state index contributed by atoms with van der Waals surface area (Å²) >= 11 is 0. The Bertz CT molecular complexity index is 627. The highest BCUT2D eigenvalue weighted by atomic mass is 32.2. The van der Waals surface area contributed by atoms with Crippen molar-refractivity contribution in [2.24, 2.45) is 5.92 Å². The van der Waals surface area contributed by atoms with Crippen molar-refractivity contribution in [1.82, 2.24) is 4.72 Å². The van der Waals surface area contributed by atoms with Crippen LogP contribution in [0, 0.1) is 5.92 Å². The van der Waals surface area contributed by atoms with Gasteiger partial charge < -0.3 is 10.4 Å². The number of amides is 1. The third kappa shape index (κ3) is 5.52. The van der Waals surface area contributed by atoms with Crippen molar-refractivity contribution in [3.63, 3.8) is 0 Å². The fourth-order valence-electron chi connectivity index (χ4n) is 1.76. The molecular formula is C13H18N2O5S. The Hall–Kier alpha value is -1.93. The van der Waals surface area contributed by atoms with E-state index in [1.54, 1.807) is 13.0 Å². The Morgan fingerprint density at radius 2 is 1.95 bits per heavy atom. The molecule has 1 unspecified atom stereocenters. The maximum atomic E-state index is 11.8. The first kappa shape index (κ1) is 17.1. The Balaban J connectivity index is 2.73. The third-order valence-corrected chi connectivity index (χ3v) is 4.17. The van der Waals surface area contributed by atoms with Gasteiger partial charge in [0.2, 0.25) is 15.9 Å². The van der Waals surface area contributed by atoms with Crippen molar-refractivity contribution in [1.29, 1.82) is 0 Å². The van der Waals surface area contributed by atoms with Crippen molar-refractivity contribution in [3.8, 4) is 0 Å². The molecule has 1 aromatic rings. The van der Waals surface area contributed by atoms with Gasteiger partial charge in [0, 0.05) is 18.5 Å². The van der Waals surface area contributed by atoms with Crippen LogP contribution < -0.4 is 10.0 Å². The molecule has 1 aromatic carbocycles. The average molecular weight is 314 g/mol. The van der Waals surface area contributed by atoms with Crippen LogP contribution in [0.3, 0.4) is 0 Å². The molecule has 0 aliphatic carbocycles. The number of carboxylic acid groups (broad SMARTS) is 1. The number of rotatable bonds is 7. The number of carboxylic acids is 1. The van der Waals surface area contributed by atoms with Crippen LogP contribution in [0.1, 0.15) is 19.8 Å². The van der Waals surface area contributed by atoms with E-state index in [1.165, 1.54) is 25.2 Å². The van der Waals surface area contributed by atoms with Gasteiger partial charge >= 0.3 is 5.97 Å². The summed E-state index contributed by atoms with van der Waals surface area (Å²) < 4.78 is 25.5. The predicted octanol–water partition coefficient (Wildman–Crippen LogP) is 1.03. The molecule has 1 amide bonds. The lowest BCUT2D eigenvalue weighted by Crippen LogP contribution is -2.20. The van der Waals surface area contributed by atoms with E-state index in [2.05, 4.69) is 10.0 Å². The zero-order valence-corrected chi connectivity index (χ0v) is 12.6. The summed E-state index contributed by atoms with van der Waals surface area (Å²) in [4.78, 5) is 22.3. The van der Waals surface area contributed by atoms with Crippen LogP contribution in [0.15, 0.2) is 29.2 Å². The lowest BCUT2D eigenvalue weighted by molar-refractivity contribution is -0.138. The molecule has 1 atom stereocenters. The number of aliphatic carboxylic acids is 1. The molecule has 1 rings (SSSR count). The molecule has 0 aliphatic rings. The molecule has 3 N–H and O–H groups in total. The maximum absolute atomic E-state index is 11.8. The van der Waals surface area contributed by atoms with Crippen LogP contribution in [0.25, 0.3) is 0 Å². The van der Waals surface area contributed by atoms with Gasteiger partial charge in [0.05, 0.1) is 4.90 Å². The number of benzene rings is 1. The first-order valence-electron chi connectivity index (χ1n) is 6.30. The highest BCUT2D eigenvalue weighted by molar-refractivity contribution is 7.89. The van der Waals surface area contributed by atoms with Crippen molar-refractivity contribution in [2.75, 3.05) is 12.4 Å². The van der Waals surface area contributed by atoms with Crippen LogP contribution in [0.5, 0.6) is 0 Å². The lowest BCUT2D eigenvalue weighted by atomic mass is 10.0. The Morgan fingerprint density at radius 1 is 1.29 bits per heavy atom. The lowest BCUT2D eigenvalue weighted by Gasteiger charge is -2.10. The minimum absolute atomic E-state index is 0.0429. The molecule has 0 heterocycles. The normalized spacial score (nSPS) is 12.7. The second kappa shape index (κ2) is 7.19. The second-order valence-corrected chi connectivity index (χ2v) is 6.58. The Kier molecular flexibility index (Phi) is 5.86. The van der Waals surface area contributed by atoms with E-state index in [1.807, 2.05) is 0 Å². The highest BCUT2D eigenvalue weighted by Crippen LogP contribution is 2.16. The van der Waals surface area contributed by atoms with E-state index >= 15 is 0 Å². The van der Waals surface area contributed by atoms with E-state index < -0.39 is 16.0 Å². The van der Waals surface area contributed by atoms with Gasteiger partial charge in [-0.1, -0.05) is 13.0 Å². The monoisotopic (exact) mass is 314 g/mol. The Labute approximate surface area is 123 Å². The SMILES string of the molecule is CNS(=O)(=O)c1cccc(NC(=O)CC(C)CC(=O)O)c1. The zero-order chi connectivity index (χ0) is 16.0. The molecule has 0 spiro atoms. The molecule has 0 aromatic heterocycles. The van der Waals surface area contributed by atoms with Gasteiger partial charge in [-0.05, 0) is 31.2 Å². The van der Waals surface area contributed by atoms with Crippen molar-refractivity contribution < 1.29 is 23.1 Å². The van der Waals surface area contributed by atoms with Crippen LogP contribution >= 0.6 is 0 Å². The zero-order valence-electron chi connectivity index (χ0n) is 11.8. The van der Waals surface area contributed by atoms with Crippen molar-refractivity contribution in [2.45, 2.75) is 24.7 Å². The molecule has 8 heteroatoms. The fraction of sp³-hybridized carbons (Fsp3) is 0.385. The third-order valence-electron chi connectivity index (χ3n) is 2.75. The quantitative estimate of drug-likeness (QED) is 0.696. The second-order valence-electron chi connectivity index (χ2n) is 4.69. The summed E-state index contributed by atoms with van der Waals surface area (Å²) in [6.07, 6.45) is -0.0447. The number of carbonyl (C=O) groups is 2. The van der Waals surface area contributed by atoms with Crippen LogP contribution in [-0.4, -0.2) is 32.4 Å². The minimum Gasteiger partial charge on any atom is -0.481 e. The number of sulfonamides is 1. The number of hydrogen-bond donors (Lipinski definition) is 3. The van der Waals surface area contributed by atoms with Crippen LogP contribution in [0.2, 0.25) is 0 Å². The first-order valence-corrected chi connectivity index (χ1v) is 7.78. The summed E-state index contributed by atoms with van der Waals surface area (Å²) in [5, 5.41) is 11.2. The van der Waals surface area contributed by atoms with Gasteiger partial charge in [-0.25, -0.2) is 13.1 Å². The van der Waals surface area contributed by atoms with E-state index in [4.69, 9.17) is 5.11 Å². The molecule has 0 fully saturated rings. The fourth-order valence-corrected chi connectivity index (χ4v) is 2.53. The number of carbonyl (C=O) groups excluding carboxylic acids is 1. The highest BCUT2D eigenvalue weighted by Gasteiger charge is 2.15. The molecule has 0 aliphatic heterocycles. The number of hydrogen-bond acceptors (Lipinski definition) is 4. The van der Waals surface area contributed by atoms with Crippen LogP contribution in [-0.2, 0) is 19.6 Å². The maximum Gasteiger partial charge on any atom is 0.303 e. The molecule has 7 nitrogen and oxygen atoms in total. The first-order chi connectivity index (χ1) is 9.74. The molecule has 0 bridgehead atoms. The standard InChI is InChI=1S/C13H18N2O5S/c1-9(7-13(17)18)6-12(16)15-10-4-3-5-11(8-10)21(19,20)14-2/h3-5,8-9,14H,6-7H2,1-2H3,(H,15,16)(H,17,18). The predicted molar refractivity (Wildman–Crippen MR) is 77.4 cm³/mol. The topological polar surface area (TPSA) is 113 Å². The molecule has 0 saturated heterocycles. The minimum atomic E-state index is -3.57. The average Bonchev–Trinajstić information content (AvgIpc) is 2.37. The molecular weight excluding hydrogens is 296 g/mol. The smallest absolute Gasteiger partial charge is 0.303 e. The summed E-state index contributed by atoms with van der Waals surface area (Å²) in [5.74, 6) is -1.62. The summed E-state index contributed by atoms with van der Waals surface area (Å²) in [6, 6.07) is 5.83. The van der Waals surface area contributed by atoms with E-state index in [-0.39, 0.29) is 29.6 Å². The van der Waals surface area contributed by atoms with Gasteiger partial charge in [-0.3, -0.25) is 9.59 Å².